The Hall–Kier alpha value is -3.27. The van der Waals surface area contributed by atoms with Gasteiger partial charge in [-0.25, -0.2) is 0 Å². The van der Waals surface area contributed by atoms with Gasteiger partial charge >= 0.3 is 11.8 Å². The molecule has 5 N–H and O–H groups in total. The van der Waals surface area contributed by atoms with E-state index in [1.54, 1.807) is 32.9 Å². The molecule has 1 aromatic rings. The molecule has 0 bridgehead atoms. The Morgan fingerprint density at radius 3 is 2.09 bits per heavy atom. The molecule has 2 atom stereocenters. The number of carbonyl (C=O) groups excluding carboxylic acids is 5. The summed E-state index contributed by atoms with van der Waals surface area (Å²) in [7, 11) is 0. The SMILES string of the molecule is CCNC(=O)CC[C@H](NC(=O)[C@H](CC(C)C)NC(=O)C(=O)Nc1c(C)cccc1C)C(=O)CO. The van der Waals surface area contributed by atoms with Gasteiger partial charge in [-0.1, -0.05) is 32.0 Å². The summed E-state index contributed by atoms with van der Waals surface area (Å²) in [5.74, 6) is -3.54. The van der Waals surface area contributed by atoms with Crippen molar-refractivity contribution in [1.82, 2.24) is 16.0 Å². The smallest absolute Gasteiger partial charge is 0.313 e. The van der Waals surface area contributed by atoms with Crippen molar-refractivity contribution in [3.05, 3.63) is 29.3 Å². The molecule has 0 aliphatic heterocycles. The zero-order valence-electron chi connectivity index (χ0n) is 20.5. The van der Waals surface area contributed by atoms with Crippen LogP contribution in [0, 0.1) is 19.8 Å². The highest BCUT2D eigenvalue weighted by molar-refractivity contribution is 6.40. The van der Waals surface area contributed by atoms with E-state index in [9.17, 15) is 29.1 Å². The zero-order valence-corrected chi connectivity index (χ0v) is 20.5. The van der Waals surface area contributed by atoms with Crippen molar-refractivity contribution in [2.45, 2.75) is 66.0 Å². The van der Waals surface area contributed by atoms with E-state index in [0.717, 1.165) is 11.1 Å². The first-order valence-electron chi connectivity index (χ1n) is 11.4. The Morgan fingerprint density at radius 1 is 0.941 bits per heavy atom. The second-order valence-corrected chi connectivity index (χ2v) is 8.55. The Balaban J connectivity index is 2.91. The first-order chi connectivity index (χ1) is 16.0. The summed E-state index contributed by atoms with van der Waals surface area (Å²) < 4.78 is 0. The van der Waals surface area contributed by atoms with Gasteiger partial charge in [-0.3, -0.25) is 24.0 Å². The van der Waals surface area contributed by atoms with Gasteiger partial charge in [0.25, 0.3) is 0 Å². The second-order valence-electron chi connectivity index (χ2n) is 8.55. The number of ketones is 1. The number of nitrogens with one attached hydrogen (secondary N) is 4. The van der Waals surface area contributed by atoms with Crippen molar-refractivity contribution in [2.75, 3.05) is 18.5 Å². The van der Waals surface area contributed by atoms with Crippen molar-refractivity contribution in [3.8, 4) is 0 Å². The van der Waals surface area contributed by atoms with Gasteiger partial charge in [-0.05, 0) is 50.7 Å². The molecule has 0 saturated heterocycles. The first kappa shape index (κ1) is 28.8. The van der Waals surface area contributed by atoms with Gasteiger partial charge in [-0.15, -0.1) is 0 Å². The Morgan fingerprint density at radius 2 is 1.56 bits per heavy atom. The molecule has 4 amide bonds. The molecule has 1 rings (SSSR count). The lowest BCUT2D eigenvalue weighted by molar-refractivity contribution is -0.138. The van der Waals surface area contributed by atoms with Crippen LogP contribution in [0.25, 0.3) is 0 Å². The number of hydrogen-bond acceptors (Lipinski definition) is 6. The summed E-state index contributed by atoms with van der Waals surface area (Å²) in [6, 6.07) is 3.24. The topological polar surface area (TPSA) is 154 Å². The van der Waals surface area contributed by atoms with Crippen LogP contribution in [-0.4, -0.2) is 59.8 Å². The number of Topliss-reactive ketones (excluding diaryl/α,β-unsaturated/α-hetero) is 1. The molecule has 188 valence electrons. The third-order valence-corrected chi connectivity index (χ3v) is 5.15. The Bertz CT molecular complexity index is 879. The summed E-state index contributed by atoms with van der Waals surface area (Å²) in [5.41, 5.74) is 2.09. The normalized spacial score (nSPS) is 12.4. The Labute approximate surface area is 200 Å². The first-order valence-corrected chi connectivity index (χ1v) is 11.4. The highest BCUT2D eigenvalue weighted by Gasteiger charge is 2.29. The minimum atomic E-state index is -1.10. The molecule has 0 saturated carbocycles. The highest BCUT2D eigenvalue weighted by atomic mass is 16.3. The molecule has 0 aliphatic carbocycles. The van der Waals surface area contributed by atoms with E-state index >= 15 is 0 Å². The van der Waals surface area contributed by atoms with Crippen LogP contribution in [-0.2, 0) is 24.0 Å². The van der Waals surface area contributed by atoms with Gasteiger partial charge in [0, 0.05) is 18.7 Å². The van der Waals surface area contributed by atoms with E-state index in [0.29, 0.717) is 12.2 Å². The average Bonchev–Trinajstić information content (AvgIpc) is 2.77. The number of anilines is 1. The van der Waals surface area contributed by atoms with E-state index < -0.39 is 42.2 Å². The standard InChI is InChI=1S/C24H36N4O6/c1-6-25-20(31)11-10-17(19(30)13-29)26-22(32)18(12-14(2)3)27-23(33)24(34)28-21-15(4)8-7-9-16(21)5/h7-9,14,17-18,29H,6,10-13H2,1-5H3,(H,25,31)(H,26,32)(H,27,33)(H,28,34)/t17-,18-/m0/s1. The molecular formula is C24H36N4O6. The van der Waals surface area contributed by atoms with Gasteiger partial charge in [-0.2, -0.15) is 0 Å². The highest BCUT2D eigenvalue weighted by Crippen LogP contribution is 2.19. The summed E-state index contributed by atoms with van der Waals surface area (Å²) in [6.45, 7) is 8.66. The van der Waals surface area contributed by atoms with Crippen molar-refractivity contribution < 1.29 is 29.1 Å². The lowest BCUT2D eigenvalue weighted by Gasteiger charge is -2.23. The molecule has 0 fully saturated rings. The van der Waals surface area contributed by atoms with E-state index in [1.807, 2.05) is 19.9 Å². The summed E-state index contributed by atoms with van der Waals surface area (Å²) >= 11 is 0. The number of hydrogen-bond donors (Lipinski definition) is 5. The maximum atomic E-state index is 12.9. The number of rotatable bonds is 12. The minimum Gasteiger partial charge on any atom is -0.389 e. The molecule has 0 radical (unpaired) electrons. The maximum absolute atomic E-state index is 12.9. The van der Waals surface area contributed by atoms with Crippen LogP contribution in [0.4, 0.5) is 5.69 Å². The number of para-hydroxylation sites is 1. The predicted molar refractivity (Wildman–Crippen MR) is 128 cm³/mol. The van der Waals surface area contributed by atoms with Crippen molar-refractivity contribution >= 4 is 35.1 Å². The van der Waals surface area contributed by atoms with Crippen LogP contribution in [0.1, 0.15) is 51.2 Å². The van der Waals surface area contributed by atoms with Gasteiger partial charge in [0.2, 0.25) is 11.8 Å². The minimum absolute atomic E-state index is 0.00758. The average molecular weight is 477 g/mol. The third kappa shape index (κ3) is 9.30. The van der Waals surface area contributed by atoms with Crippen LogP contribution in [0.15, 0.2) is 18.2 Å². The van der Waals surface area contributed by atoms with Crippen molar-refractivity contribution in [1.29, 1.82) is 0 Å². The van der Waals surface area contributed by atoms with Crippen LogP contribution in [0.3, 0.4) is 0 Å². The van der Waals surface area contributed by atoms with E-state index in [2.05, 4.69) is 21.3 Å². The molecule has 0 heterocycles. The number of aliphatic hydroxyl groups excluding tert-OH is 1. The fraction of sp³-hybridized carbons (Fsp3) is 0.542. The molecule has 10 heteroatoms. The monoisotopic (exact) mass is 476 g/mol. The van der Waals surface area contributed by atoms with Crippen molar-refractivity contribution in [2.24, 2.45) is 5.92 Å². The number of aryl methyl sites for hydroxylation is 2. The van der Waals surface area contributed by atoms with Crippen LogP contribution in [0.2, 0.25) is 0 Å². The van der Waals surface area contributed by atoms with Gasteiger partial charge in [0.1, 0.15) is 12.6 Å². The van der Waals surface area contributed by atoms with E-state index in [4.69, 9.17) is 0 Å². The number of carbonyl (C=O) groups is 5. The number of amides is 4. The third-order valence-electron chi connectivity index (χ3n) is 5.15. The van der Waals surface area contributed by atoms with Crippen LogP contribution in [0.5, 0.6) is 0 Å². The van der Waals surface area contributed by atoms with Crippen molar-refractivity contribution in [3.63, 3.8) is 0 Å². The van der Waals surface area contributed by atoms with Crippen LogP contribution < -0.4 is 21.3 Å². The summed E-state index contributed by atoms with van der Waals surface area (Å²) in [6.07, 6.45) is 0.181. The fourth-order valence-electron chi connectivity index (χ4n) is 3.37. The van der Waals surface area contributed by atoms with Gasteiger partial charge in [0.15, 0.2) is 5.78 Å². The number of aliphatic hydroxyl groups is 1. The Kier molecular flexibility index (Phi) is 11.9. The van der Waals surface area contributed by atoms with Crippen LogP contribution >= 0.6 is 0 Å². The fourth-order valence-corrected chi connectivity index (χ4v) is 3.37. The van der Waals surface area contributed by atoms with Gasteiger partial charge in [0.05, 0.1) is 6.04 Å². The molecule has 0 aromatic heterocycles. The lowest BCUT2D eigenvalue weighted by atomic mass is 10.0. The molecule has 1 aromatic carbocycles. The molecule has 10 nitrogen and oxygen atoms in total. The predicted octanol–water partition coefficient (Wildman–Crippen LogP) is 0.735. The van der Waals surface area contributed by atoms with Gasteiger partial charge < -0.3 is 26.4 Å². The quantitative estimate of drug-likeness (QED) is 0.280. The second kappa shape index (κ2) is 14.1. The molecule has 0 spiro atoms. The van der Waals surface area contributed by atoms with E-state index in [1.165, 1.54) is 0 Å². The largest absolute Gasteiger partial charge is 0.389 e. The lowest BCUT2D eigenvalue weighted by Crippen LogP contribution is -2.54. The summed E-state index contributed by atoms with van der Waals surface area (Å²) in [4.78, 5) is 61.8. The molecule has 0 aliphatic rings. The zero-order chi connectivity index (χ0) is 25.8. The molecule has 0 unspecified atom stereocenters. The summed E-state index contributed by atoms with van der Waals surface area (Å²) in [5, 5.41) is 19.4. The molecular weight excluding hydrogens is 440 g/mol. The molecule has 34 heavy (non-hydrogen) atoms. The maximum Gasteiger partial charge on any atom is 0.313 e. The van der Waals surface area contributed by atoms with E-state index in [-0.39, 0.29) is 31.1 Å². The number of benzene rings is 1.